The number of nitrogens with zero attached hydrogens (tertiary/aromatic N) is 1. The van der Waals surface area contributed by atoms with Crippen LogP contribution in [0.5, 0.6) is 0 Å². The largest absolute Gasteiger partial charge is 0.481 e. The molecule has 2 amide bonds. The van der Waals surface area contributed by atoms with Gasteiger partial charge in [0.1, 0.15) is 0 Å². The maximum absolute atomic E-state index is 11.7. The van der Waals surface area contributed by atoms with Gasteiger partial charge in [0.2, 0.25) is 0 Å². The van der Waals surface area contributed by atoms with Crippen LogP contribution in [0.4, 0.5) is 10.5 Å². The normalized spacial score (nSPS) is 11.2. The zero-order chi connectivity index (χ0) is 15.1. The summed E-state index contributed by atoms with van der Waals surface area (Å²) in [4.78, 5) is 23.8. The molecule has 5 heteroatoms. The summed E-state index contributed by atoms with van der Waals surface area (Å²) in [6.45, 7) is 2.09. The van der Waals surface area contributed by atoms with Gasteiger partial charge in [-0.15, -0.1) is 6.42 Å². The van der Waals surface area contributed by atoms with E-state index in [1.807, 2.05) is 19.1 Å². The summed E-state index contributed by atoms with van der Waals surface area (Å²) < 4.78 is 0. The Morgan fingerprint density at radius 3 is 2.50 bits per heavy atom. The Morgan fingerprint density at radius 1 is 1.40 bits per heavy atom. The number of rotatable bonds is 5. The van der Waals surface area contributed by atoms with Gasteiger partial charge in [-0.3, -0.25) is 4.79 Å². The van der Waals surface area contributed by atoms with Gasteiger partial charge in [0, 0.05) is 12.7 Å². The van der Waals surface area contributed by atoms with Crippen LogP contribution in [0.25, 0.3) is 0 Å². The average Bonchev–Trinajstić information content (AvgIpc) is 2.39. The Morgan fingerprint density at radius 2 is 2.00 bits per heavy atom. The molecule has 1 atom stereocenters. The summed E-state index contributed by atoms with van der Waals surface area (Å²) in [5, 5.41) is 11.5. The van der Waals surface area contributed by atoms with Gasteiger partial charge >= 0.3 is 12.0 Å². The van der Waals surface area contributed by atoms with Gasteiger partial charge in [0.25, 0.3) is 0 Å². The Hall–Kier alpha value is -2.48. The van der Waals surface area contributed by atoms with Gasteiger partial charge in [-0.05, 0) is 23.6 Å². The number of carboxylic acid groups (broad SMARTS) is 1. The molecule has 106 valence electrons. The van der Waals surface area contributed by atoms with Crippen molar-refractivity contribution >= 4 is 17.7 Å². The van der Waals surface area contributed by atoms with Crippen molar-refractivity contribution in [3.05, 3.63) is 29.8 Å². The second kappa shape index (κ2) is 7.19. The molecule has 1 rings (SSSR count). The second-order valence-electron chi connectivity index (χ2n) is 4.61. The molecular weight excluding hydrogens is 256 g/mol. The smallest absolute Gasteiger partial charge is 0.322 e. The van der Waals surface area contributed by atoms with Crippen LogP contribution in [0.15, 0.2) is 24.3 Å². The first-order valence-corrected chi connectivity index (χ1v) is 6.21. The SMILES string of the molecule is C#CCN(C)C(=O)Nc1ccc(C(C)CC(=O)O)cc1. The summed E-state index contributed by atoms with van der Waals surface area (Å²) in [5.41, 5.74) is 1.56. The van der Waals surface area contributed by atoms with Crippen molar-refractivity contribution in [2.75, 3.05) is 18.9 Å². The van der Waals surface area contributed by atoms with E-state index in [1.165, 1.54) is 4.90 Å². The number of hydrogen-bond acceptors (Lipinski definition) is 2. The number of carbonyl (C=O) groups excluding carboxylic acids is 1. The van der Waals surface area contributed by atoms with Crippen LogP contribution < -0.4 is 5.32 Å². The number of anilines is 1. The van der Waals surface area contributed by atoms with Crippen LogP contribution in [-0.4, -0.2) is 35.6 Å². The molecule has 0 aromatic heterocycles. The van der Waals surface area contributed by atoms with Gasteiger partial charge in [-0.2, -0.15) is 0 Å². The number of carboxylic acids is 1. The molecule has 0 spiro atoms. The molecule has 1 unspecified atom stereocenters. The molecule has 0 aliphatic rings. The minimum Gasteiger partial charge on any atom is -0.481 e. The lowest BCUT2D eigenvalue weighted by atomic mass is 9.98. The van der Waals surface area contributed by atoms with Crippen LogP contribution in [0.3, 0.4) is 0 Å². The van der Waals surface area contributed by atoms with E-state index in [0.29, 0.717) is 5.69 Å². The molecule has 0 aliphatic carbocycles. The average molecular weight is 274 g/mol. The van der Waals surface area contributed by atoms with E-state index < -0.39 is 5.97 Å². The van der Waals surface area contributed by atoms with E-state index in [0.717, 1.165) is 5.56 Å². The number of benzene rings is 1. The molecule has 0 radical (unpaired) electrons. The third-order valence-corrected chi connectivity index (χ3v) is 2.89. The van der Waals surface area contributed by atoms with Crippen molar-refractivity contribution in [3.8, 4) is 12.3 Å². The first-order chi connectivity index (χ1) is 9.43. The van der Waals surface area contributed by atoms with Crippen molar-refractivity contribution in [2.45, 2.75) is 19.3 Å². The highest BCUT2D eigenvalue weighted by atomic mass is 16.4. The lowest BCUT2D eigenvalue weighted by Gasteiger charge is -2.15. The van der Waals surface area contributed by atoms with E-state index in [-0.39, 0.29) is 24.9 Å². The third-order valence-electron chi connectivity index (χ3n) is 2.89. The summed E-state index contributed by atoms with van der Waals surface area (Å²) in [5.74, 6) is 1.49. The van der Waals surface area contributed by atoms with Gasteiger partial charge in [0.05, 0.1) is 13.0 Å². The lowest BCUT2D eigenvalue weighted by Crippen LogP contribution is -2.31. The molecule has 0 saturated heterocycles. The molecule has 0 saturated carbocycles. The summed E-state index contributed by atoms with van der Waals surface area (Å²) in [6, 6.07) is 6.83. The van der Waals surface area contributed by atoms with E-state index in [4.69, 9.17) is 11.5 Å². The predicted molar refractivity (Wildman–Crippen MR) is 77.6 cm³/mol. The topological polar surface area (TPSA) is 69.6 Å². The number of terminal acetylenes is 1. The molecule has 0 aliphatic heterocycles. The molecule has 1 aromatic rings. The fourth-order valence-corrected chi connectivity index (χ4v) is 1.70. The lowest BCUT2D eigenvalue weighted by molar-refractivity contribution is -0.137. The Labute approximate surface area is 118 Å². The van der Waals surface area contributed by atoms with E-state index >= 15 is 0 Å². The van der Waals surface area contributed by atoms with Crippen LogP contribution in [0, 0.1) is 12.3 Å². The minimum absolute atomic E-state index is 0.0682. The fraction of sp³-hybridized carbons (Fsp3) is 0.333. The fourth-order valence-electron chi connectivity index (χ4n) is 1.70. The molecule has 0 bridgehead atoms. The predicted octanol–water partition coefficient (Wildman–Crippen LogP) is 2.36. The van der Waals surface area contributed by atoms with Crippen molar-refractivity contribution in [1.82, 2.24) is 4.90 Å². The van der Waals surface area contributed by atoms with E-state index in [1.54, 1.807) is 19.2 Å². The van der Waals surface area contributed by atoms with E-state index in [9.17, 15) is 9.59 Å². The van der Waals surface area contributed by atoms with Crippen molar-refractivity contribution in [3.63, 3.8) is 0 Å². The standard InChI is InChI=1S/C15H18N2O3/c1-4-9-17(3)15(20)16-13-7-5-12(6-8-13)11(2)10-14(18)19/h1,5-8,11H,9-10H2,2-3H3,(H,16,20)(H,18,19). The molecule has 2 N–H and O–H groups in total. The zero-order valence-electron chi connectivity index (χ0n) is 11.6. The summed E-state index contributed by atoms with van der Waals surface area (Å²) in [7, 11) is 1.61. The Bertz CT molecular complexity index is 517. The van der Waals surface area contributed by atoms with Crippen LogP contribution in [-0.2, 0) is 4.79 Å². The Kier molecular flexibility index (Phi) is 5.60. The maximum atomic E-state index is 11.7. The van der Waals surface area contributed by atoms with Crippen LogP contribution in [0.1, 0.15) is 24.8 Å². The molecule has 20 heavy (non-hydrogen) atoms. The quantitative estimate of drug-likeness (QED) is 0.810. The van der Waals surface area contributed by atoms with Gasteiger partial charge in [-0.1, -0.05) is 25.0 Å². The van der Waals surface area contributed by atoms with E-state index in [2.05, 4.69) is 11.2 Å². The maximum Gasteiger partial charge on any atom is 0.322 e. The minimum atomic E-state index is -0.828. The number of urea groups is 1. The van der Waals surface area contributed by atoms with Crippen molar-refractivity contribution < 1.29 is 14.7 Å². The molecule has 1 aromatic carbocycles. The molecule has 0 heterocycles. The van der Waals surface area contributed by atoms with Gasteiger partial charge in [0.15, 0.2) is 0 Å². The number of hydrogen-bond donors (Lipinski definition) is 2. The van der Waals surface area contributed by atoms with Crippen LogP contribution in [0.2, 0.25) is 0 Å². The number of amides is 2. The molecular formula is C15H18N2O3. The third kappa shape index (κ3) is 4.65. The number of aliphatic carboxylic acids is 1. The van der Waals surface area contributed by atoms with Crippen molar-refractivity contribution in [1.29, 1.82) is 0 Å². The first kappa shape index (κ1) is 15.6. The second-order valence-corrected chi connectivity index (χ2v) is 4.61. The van der Waals surface area contributed by atoms with Crippen LogP contribution >= 0.6 is 0 Å². The van der Waals surface area contributed by atoms with Gasteiger partial charge in [-0.25, -0.2) is 4.79 Å². The van der Waals surface area contributed by atoms with Crippen molar-refractivity contribution in [2.24, 2.45) is 0 Å². The molecule has 5 nitrogen and oxygen atoms in total. The zero-order valence-corrected chi connectivity index (χ0v) is 11.6. The molecule has 0 fully saturated rings. The van der Waals surface area contributed by atoms with Gasteiger partial charge < -0.3 is 15.3 Å². The monoisotopic (exact) mass is 274 g/mol. The summed E-state index contributed by atoms with van der Waals surface area (Å²) >= 11 is 0. The Balaban J connectivity index is 2.65. The highest BCUT2D eigenvalue weighted by Crippen LogP contribution is 2.21. The highest BCUT2D eigenvalue weighted by molar-refractivity contribution is 5.89. The number of carbonyl (C=O) groups is 2. The number of nitrogens with one attached hydrogen (secondary N) is 1. The summed E-state index contributed by atoms with van der Waals surface area (Å²) in [6.07, 6.45) is 5.21. The first-order valence-electron chi connectivity index (χ1n) is 6.21. The highest BCUT2D eigenvalue weighted by Gasteiger charge is 2.11.